The van der Waals surface area contributed by atoms with E-state index in [0.717, 1.165) is 48.9 Å². The van der Waals surface area contributed by atoms with E-state index in [1.165, 1.54) is 77.0 Å². The number of hydrogen-bond acceptors (Lipinski definition) is 4. The zero-order chi connectivity index (χ0) is 29.8. The van der Waals surface area contributed by atoms with Gasteiger partial charge in [-0.15, -0.1) is 0 Å². The quantitative estimate of drug-likeness (QED) is 0.187. The Bertz CT molecular complexity index is 887. The lowest BCUT2D eigenvalue weighted by Crippen LogP contribution is -2.54. The summed E-state index contributed by atoms with van der Waals surface area (Å²) in [5.41, 5.74) is 0.454. The zero-order valence-electron chi connectivity index (χ0n) is 27.7. The summed E-state index contributed by atoms with van der Waals surface area (Å²) in [6.45, 7) is 16.4. The first-order chi connectivity index (χ1) is 19.5. The van der Waals surface area contributed by atoms with E-state index in [4.69, 9.17) is 9.47 Å². The number of carbonyl (C=O) groups excluding carboxylic acids is 2. The summed E-state index contributed by atoms with van der Waals surface area (Å²) in [4.78, 5) is 24.7. The normalized spacial score (nSPS) is 37.3. The summed E-state index contributed by atoms with van der Waals surface area (Å²) in [5, 5.41) is 2.80. The van der Waals surface area contributed by atoms with E-state index in [2.05, 4.69) is 33.0 Å². The largest absolute Gasteiger partial charge is 0.463 e. The molecule has 0 heterocycles. The van der Waals surface area contributed by atoms with Crippen molar-refractivity contribution in [2.45, 2.75) is 151 Å². The highest BCUT2D eigenvalue weighted by molar-refractivity contribution is 5.75. The second-order valence-electron chi connectivity index (χ2n) is 15.8. The van der Waals surface area contributed by atoms with Gasteiger partial charge in [-0.05, 0) is 124 Å². The molecular weight excluding hydrogens is 510 g/mol. The van der Waals surface area contributed by atoms with E-state index >= 15 is 0 Å². The van der Waals surface area contributed by atoms with Crippen molar-refractivity contribution in [3.63, 3.8) is 0 Å². The summed E-state index contributed by atoms with van der Waals surface area (Å²) in [7, 11) is 0. The molecule has 5 heteroatoms. The molecule has 0 aromatic carbocycles. The Hall–Kier alpha value is -1.26. The topological polar surface area (TPSA) is 64.6 Å². The van der Waals surface area contributed by atoms with Crippen LogP contribution >= 0.6 is 0 Å². The molecule has 4 fully saturated rings. The molecule has 0 aromatic rings. The van der Waals surface area contributed by atoms with E-state index in [1.54, 1.807) is 0 Å². The molecule has 41 heavy (non-hydrogen) atoms. The van der Waals surface area contributed by atoms with Crippen LogP contribution in [0.4, 0.5) is 4.79 Å². The highest BCUT2D eigenvalue weighted by Crippen LogP contribution is 2.68. The van der Waals surface area contributed by atoms with Crippen molar-refractivity contribution < 1.29 is 19.1 Å². The predicted octanol–water partition coefficient (Wildman–Crippen LogP) is 9.33. The number of rotatable bonds is 12. The van der Waals surface area contributed by atoms with Crippen molar-refractivity contribution in [3.05, 3.63) is 0 Å². The zero-order valence-corrected chi connectivity index (χ0v) is 27.7. The second-order valence-corrected chi connectivity index (χ2v) is 15.8. The van der Waals surface area contributed by atoms with Crippen molar-refractivity contribution in [1.82, 2.24) is 5.32 Å². The van der Waals surface area contributed by atoms with Crippen molar-refractivity contribution in [2.24, 2.45) is 51.8 Å². The molecular formula is C36H63NO4. The Morgan fingerprint density at radius 2 is 1.66 bits per heavy atom. The average molecular weight is 574 g/mol. The van der Waals surface area contributed by atoms with Crippen LogP contribution in [-0.4, -0.2) is 31.3 Å². The van der Waals surface area contributed by atoms with Crippen LogP contribution in [0.25, 0.3) is 0 Å². The molecule has 0 radical (unpaired) electrons. The number of nitrogens with one attached hydrogen (secondary N) is 1. The summed E-state index contributed by atoms with van der Waals surface area (Å²) >= 11 is 0. The van der Waals surface area contributed by atoms with Crippen LogP contribution < -0.4 is 5.32 Å². The lowest BCUT2D eigenvalue weighted by molar-refractivity contribution is -0.153. The molecule has 4 saturated carbocycles. The van der Waals surface area contributed by atoms with Gasteiger partial charge in [0.2, 0.25) is 0 Å². The number of alkyl carbamates (subject to hydrolysis) is 1. The minimum Gasteiger partial charge on any atom is -0.463 e. The Balaban J connectivity index is 1.26. The van der Waals surface area contributed by atoms with Crippen LogP contribution in [0.2, 0.25) is 0 Å². The van der Waals surface area contributed by atoms with Gasteiger partial charge in [-0.25, -0.2) is 4.79 Å². The van der Waals surface area contributed by atoms with Crippen LogP contribution in [0, 0.1) is 51.8 Å². The molecule has 1 N–H and O–H groups in total. The van der Waals surface area contributed by atoms with E-state index < -0.39 is 5.41 Å². The Morgan fingerprint density at radius 1 is 0.927 bits per heavy atom. The first-order valence-electron chi connectivity index (χ1n) is 17.6. The van der Waals surface area contributed by atoms with E-state index in [9.17, 15) is 9.59 Å². The smallest absolute Gasteiger partial charge is 0.407 e. The van der Waals surface area contributed by atoms with Gasteiger partial charge in [-0.2, -0.15) is 0 Å². The van der Waals surface area contributed by atoms with Gasteiger partial charge in [0.25, 0.3) is 0 Å². The first kappa shape index (κ1) is 32.6. The van der Waals surface area contributed by atoms with Crippen LogP contribution in [0.5, 0.6) is 0 Å². The Kier molecular flexibility index (Phi) is 10.8. The molecule has 4 rings (SSSR count). The van der Waals surface area contributed by atoms with Gasteiger partial charge in [-0.1, -0.05) is 66.7 Å². The number of amides is 1. The molecule has 236 valence electrons. The maximum absolute atomic E-state index is 12.5. The molecule has 4 aliphatic carbocycles. The van der Waals surface area contributed by atoms with Gasteiger partial charge in [0.1, 0.15) is 12.7 Å². The summed E-state index contributed by atoms with van der Waals surface area (Å²) in [6.07, 6.45) is 18.9. The predicted molar refractivity (Wildman–Crippen MR) is 166 cm³/mol. The van der Waals surface area contributed by atoms with Crippen LogP contribution in [0.1, 0.15) is 145 Å². The third kappa shape index (κ3) is 6.95. The van der Waals surface area contributed by atoms with E-state index in [-0.39, 0.29) is 24.8 Å². The maximum atomic E-state index is 12.5. The molecule has 0 aromatic heterocycles. The van der Waals surface area contributed by atoms with E-state index in [1.807, 2.05) is 20.8 Å². The second kappa shape index (κ2) is 13.6. The summed E-state index contributed by atoms with van der Waals surface area (Å²) in [5.74, 6) is 4.89. The molecule has 9 atom stereocenters. The van der Waals surface area contributed by atoms with E-state index in [0.29, 0.717) is 23.3 Å². The number of carbonyl (C=O) groups is 2. The fourth-order valence-electron chi connectivity index (χ4n) is 10.2. The molecule has 0 aliphatic heterocycles. The van der Waals surface area contributed by atoms with Gasteiger partial charge < -0.3 is 14.8 Å². The number of esters is 1. The molecule has 8 unspecified atom stereocenters. The maximum Gasteiger partial charge on any atom is 0.407 e. The number of hydrogen-bond donors (Lipinski definition) is 1. The van der Waals surface area contributed by atoms with Gasteiger partial charge in [0, 0.05) is 0 Å². The van der Waals surface area contributed by atoms with Gasteiger partial charge >= 0.3 is 12.1 Å². The lowest BCUT2D eigenvalue weighted by atomic mass is 9.44. The standard InChI is InChI=1S/C36H63NO4/c1-8-10-11-12-13-25(3)29-16-17-30-28-15-14-26-24-27(18-20-35(26,6)31(28)19-21-36(29,30)7)41-33(39)37-22-23-40-32(38)34(4,5)9-2/h25-31H,8-24H2,1-7H3,(H,37,39)/t25?,26?,27-,28?,29?,30?,31?,35?,36?/m1/s1. The monoisotopic (exact) mass is 573 g/mol. The summed E-state index contributed by atoms with van der Waals surface area (Å²) < 4.78 is 11.2. The highest BCUT2D eigenvalue weighted by atomic mass is 16.6. The highest BCUT2D eigenvalue weighted by Gasteiger charge is 2.60. The summed E-state index contributed by atoms with van der Waals surface area (Å²) in [6, 6.07) is 0. The lowest BCUT2D eigenvalue weighted by Gasteiger charge is -2.61. The number of ether oxygens (including phenoxy) is 2. The Morgan fingerprint density at radius 3 is 2.39 bits per heavy atom. The molecule has 4 aliphatic rings. The fourth-order valence-corrected chi connectivity index (χ4v) is 10.2. The van der Waals surface area contributed by atoms with Crippen molar-refractivity contribution in [2.75, 3.05) is 13.2 Å². The van der Waals surface area contributed by atoms with Gasteiger partial charge in [-0.3, -0.25) is 4.79 Å². The molecule has 0 saturated heterocycles. The minimum absolute atomic E-state index is 0.00414. The molecule has 1 amide bonds. The molecule has 0 bridgehead atoms. The third-order valence-corrected chi connectivity index (χ3v) is 13.2. The SMILES string of the molecule is CCCCCCC(C)C1CCC2C3CCC4C[C@H](OC(=O)NCCOC(=O)C(C)(C)CC)CCC4(C)C3CCC12C. The molecule has 0 spiro atoms. The fraction of sp³-hybridized carbons (Fsp3) is 0.944. The number of fused-ring (bicyclic) bond motifs is 5. The van der Waals surface area contributed by atoms with Crippen molar-refractivity contribution in [1.29, 1.82) is 0 Å². The van der Waals surface area contributed by atoms with Crippen LogP contribution in [-0.2, 0) is 14.3 Å². The molecule has 5 nitrogen and oxygen atoms in total. The van der Waals surface area contributed by atoms with Gasteiger partial charge in [0.15, 0.2) is 0 Å². The van der Waals surface area contributed by atoms with Gasteiger partial charge in [0.05, 0.1) is 12.0 Å². The first-order valence-corrected chi connectivity index (χ1v) is 17.6. The van der Waals surface area contributed by atoms with Crippen LogP contribution in [0.15, 0.2) is 0 Å². The van der Waals surface area contributed by atoms with Crippen molar-refractivity contribution in [3.8, 4) is 0 Å². The van der Waals surface area contributed by atoms with Crippen molar-refractivity contribution >= 4 is 12.1 Å². The third-order valence-electron chi connectivity index (χ3n) is 13.2. The minimum atomic E-state index is -0.489. The van der Waals surface area contributed by atoms with Crippen LogP contribution in [0.3, 0.4) is 0 Å². The Labute approximate surface area is 252 Å². The average Bonchev–Trinajstić information content (AvgIpc) is 3.30. The number of unbranched alkanes of at least 4 members (excludes halogenated alkanes) is 3.